The van der Waals surface area contributed by atoms with Crippen molar-refractivity contribution < 1.29 is 9.59 Å². The van der Waals surface area contributed by atoms with Gasteiger partial charge >= 0.3 is 6.03 Å². The Morgan fingerprint density at radius 2 is 2.00 bits per heavy atom. The normalized spacial score (nSPS) is 13.3. The van der Waals surface area contributed by atoms with Crippen molar-refractivity contribution in [3.63, 3.8) is 0 Å². The first-order valence-corrected chi connectivity index (χ1v) is 7.29. The van der Waals surface area contributed by atoms with Crippen molar-refractivity contribution in [1.82, 2.24) is 15.6 Å². The maximum atomic E-state index is 12.2. The lowest BCUT2D eigenvalue weighted by molar-refractivity contribution is -0.124. The second-order valence-electron chi connectivity index (χ2n) is 5.53. The predicted octanol–water partition coefficient (Wildman–Crippen LogP) is 0.691. The number of hydrogen-bond acceptors (Lipinski definition) is 3. The minimum absolute atomic E-state index is 0.0649. The molecule has 3 amide bonds. The molecule has 0 saturated carbocycles. The van der Waals surface area contributed by atoms with Gasteiger partial charge in [-0.15, -0.1) is 0 Å². The number of carbonyl (C=O) groups is 2. The van der Waals surface area contributed by atoms with E-state index in [1.807, 2.05) is 26.8 Å². The van der Waals surface area contributed by atoms with Crippen molar-refractivity contribution >= 4 is 11.9 Å². The average molecular weight is 308 g/mol. The smallest absolute Gasteiger partial charge is 0.312 e. The largest absolute Gasteiger partial charge is 0.352 e. The molecule has 0 unspecified atom stereocenters. The number of hydrogen-bond donors (Lipinski definition) is 4. The lowest BCUT2D eigenvalue weighted by Crippen LogP contribution is -2.51. The molecule has 0 saturated heterocycles. The molecule has 1 rings (SSSR count). The highest BCUT2D eigenvalue weighted by atomic mass is 16.2. The number of nitrogens with two attached hydrogens (primary N) is 1. The van der Waals surface area contributed by atoms with Crippen molar-refractivity contribution in [3.05, 3.63) is 33.2 Å². The van der Waals surface area contributed by atoms with Gasteiger partial charge in [-0.1, -0.05) is 20.3 Å². The first-order chi connectivity index (χ1) is 10.3. The number of carbonyl (C=O) groups excluding carboxylic acids is 2. The molecule has 0 fully saturated rings. The average Bonchev–Trinajstić information content (AvgIpc) is 2.42. The molecular formula is C15H24N4O3. The molecule has 122 valence electrons. The number of nitrogens with one attached hydrogen (secondary N) is 3. The lowest BCUT2D eigenvalue weighted by atomic mass is 9.98. The molecule has 0 radical (unpaired) electrons. The molecule has 0 spiro atoms. The van der Waals surface area contributed by atoms with Gasteiger partial charge in [-0.05, 0) is 31.4 Å². The van der Waals surface area contributed by atoms with E-state index in [0.717, 1.165) is 11.3 Å². The number of primary amides is 1. The predicted molar refractivity (Wildman–Crippen MR) is 84.3 cm³/mol. The fraction of sp³-hybridized carbons (Fsp3) is 0.533. The third-order valence-corrected chi connectivity index (χ3v) is 3.73. The molecule has 7 heteroatoms. The van der Waals surface area contributed by atoms with Crippen LogP contribution in [0.2, 0.25) is 0 Å². The van der Waals surface area contributed by atoms with Crippen LogP contribution in [0.4, 0.5) is 4.79 Å². The van der Waals surface area contributed by atoms with E-state index in [2.05, 4.69) is 15.6 Å². The molecule has 0 aliphatic heterocycles. The van der Waals surface area contributed by atoms with Gasteiger partial charge in [0.15, 0.2) is 0 Å². The van der Waals surface area contributed by atoms with Crippen LogP contribution < -0.4 is 21.9 Å². The van der Waals surface area contributed by atoms with E-state index in [1.165, 1.54) is 0 Å². The van der Waals surface area contributed by atoms with Crippen LogP contribution in [-0.4, -0.2) is 23.0 Å². The van der Waals surface area contributed by atoms with Crippen LogP contribution >= 0.6 is 0 Å². The summed E-state index contributed by atoms with van der Waals surface area (Å²) in [5.74, 6) is -0.419. The topological polar surface area (TPSA) is 117 Å². The van der Waals surface area contributed by atoms with E-state index >= 15 is 0 Å². The van der Waals surface area contributed by atoms with Crippen LogP contribution in [0.15, 0.2) is 10.9 Å². The summed E-state index contributed by atoms with van der Waals surface area (Å²) < 4.78 is 0. The molecule has 0 aromatic carbocycles. The van der Waals surface area contributed by atoms with Gasteiger partial charge in [0.2, 0.25) is 5.91 Å². The summed E-state index contributed by atoms with van der Waals surface area (Å²) >= 11 is 0. The molecule has 7 nitrogen and oxygen atoms in total. The highest BCUT2D eigenvalue weighted by Gasteiger charge is 2.25. The number of amides is 3. The second-order valence-corrected chi connectivity index (χ2v) is 5.53. The maximum Gasteiger partial charge on any atom is 0.312 e. The number of urea groups is 1. The SMILES string of the molecule is CC[C@H](C)[C@H](NC(N)=O)C(=O)NCc1c(C)cc(C)[nH]c1=O. The van der Waals surface area contributed by atoms with Gasteiger partial charge in [0.1, 0.15) is 6.04 Å². The van der Waals surface area contributed by atoms with Crippen LogP contribution in [-0.2, 0) is 11.3 Å². The third kappa shape index (κ3) is 4.61. The number of pyridine rings is 1. The van der Waals surface area contributed by atoms with Gasteiger partial charge in [0.05, 0.1) is 0 Å². The van der Waals surface area contributed by atoms with Gasteiger partial charge in [0, 0.05) is 17.8 Å². The monoisotopic (exact) mass is 308 g/mol. The molecule has 1 heterocycles. The molecule has 0 aliphatic rings. The Kier molecular flexibility index (Phi) is 6.15. The summed E-state index contributed by atoms with van der Waals surface area (Å²) in [6.07, 6.45) is 0.711. The Labute approximate surface area is 129 Å². The van der Waals surface area contributed by atoms with Gasteiger partial charge in [-0.3, -0.25) is 9.59 Å². The van der Waals surface area contributed by atoms with Crippen molar-refractivity contribution in [2.75, 3.05) is 0 Å². The zero-order valence-corrected chi connectivity index (χ0v) is 13.4. The Morgan fingerprint density at radius 3 is 2.50 bits per heavy atom. The number of rotatable bonds is 6. The maximum absolute atomic E-state index is 12.2. The fourth-order valence-electron chi connectivity index (χ4n) is 2.24. The van der Waals surface area contributed by atoms with E-state index < -0.39 is 12.1 Å². The lowest BCUT2D eigenvalue weighted by Gasteiger charge is -2.22. The van der Waals surface area contributed by atoms with E-state index in [1.54, 1.807) is 6.92 Å². The summed E-state index contributed by atoms with van der Waals surface area (Å²) in [6.45, 7) is 7.49. The standard InChI is InChI=1S/C15H24N4O3/c1-5-8(2)12(19-15(16)22)14(21)17-7-11-9(3)6-10(4)18-13(11)20/h6,8,12H,5,7H2,1-4H3,(H,17,21)(H,18,20)(H3,16,19,22)/t8-,12-/m0/s1. The zero-order chi connectivity index (χ0) is 16.9. The van der Waals surface area contributed by atoms with E-state index in [9.17, 15) is 14.4 Å². The molecule has 1 aromatic heterocycles. The summed E-state index contributed by atoms with van der Waals surface area (Å²) in [5.41, 5.74) is 6.97. The summed E-state index contributed by atoms with van der Waals surface area (Å²) in [6, 6.07) is 0.383. The van der Waals surface area contributed by atoms with Gasteiger partial charge in [-0.2, -0.15) is 0 Å². The minimum atomic E-state index is -0.746. The Morgan fingerprint density at radius 1 is 1.36 bits per heavy atom. The molecule has 0 bridgehead atoms. The first kappa shape index (κ1) is 17.7. The zero-order valence-electron chi connectivity index (χ0n) is 13.4. The van der Waals surface area contributed by atoms with Crippen molar-refractivity contribution in [2.24, 2.45) is 11.7 Å². The van der Waals surface area contributed by atoms with Crippen LogP contribution in [0.5, 0.6) is 0 Å². The van der Waals surface area contributed by atoms with Gasteiger partial charge < -0.3 is 21.4 Å². The third-order valence-electron chi connectivity index (χ3n) is 3.73. The molecule has 2 atom stereocenters. The quantitative estimate of drug-likeness (QED) is 0.619. The van der Waals surface area contributed by atoms with Crippen LogP contribution in [0.25, 0.3) is 0 Å². The summed E-state index contributed by atoms with van der Waals surface area (Å²) in [4.78, 5) is 37.9. The number of aryl methyl sites for hydroxylation is 2. The summed E-state index contributed by atoms with van der Waals surface area (Å²) in [5, 5.41) is 5.14. The van der Waals surface area contributed by atoms with E-state index in [4.69, 9.17) is 5.73 Å². The van der Waals surface area contributed by atoms with Crippen LogP contribution in [0.3, 0.4) is 0 Å². The van der Waals surface area contributed by atoms with Gasteiger partial charge in [-0.25, -0.2) is 4.79 Å². The van der Waals surface area contributed by atoms with Crippen LogP contribution in [0.1, 0.15) is 37.1 Å². The second kappa shape index (κ2) is 7.63. The van der Waals surface area contributed by atoms with Gasteiger partial charge in [0.25, 0.3) is 5.56 Å². The highest BCUT2D eigenvalue weighted by Crippen LogP contribution is 2.09. The van der Waals surface area contributed by atoms with Crippen molar-refractivity contribution in [1.29, 1.82) is 0 Å². The number of H-pyrrole nitrogens is 1. The number of aromatic amines is 1. The van der Waals surface area contributed by atoms with E-state index in [-0.39, 0.29) is 23.9 Å². The Bertz CT molecular complexity index is 609. The fourth-order valence-corrected chi connectivity index (χ4v) is 2.24. The van der Waals surface area contributed by atoms with Crippen LogP contribution in [0, 0.1) is 19.8 Å². The molecule has 1 aromatic rings. The highest BCUT2D eigenvalue weighted by molar-refractivity contribution is 5.86. The number of aromatic nitrogens is 1. The molecule has 22 heavy (non-hydrogen) atoms. The molecule has 5 N–H and O–H groups in total. The Balaban J connectivity index is 2.83. The molecular weight excluding hydrogens is 284 g/mol. The summed E-state index contributed by atoms with van der Waals surface area (Å²) in [7, 11) is 0. The minimum Gasteiger partial charge on any atom is -0.352 e. The first-order valence-electron chi connectivity index (χ1n) is 7.29. The van der Waals surface area contributed by atoms with Crippen molar-refractivity contribution in [2.45, 2.75) is 46.7 Å². The molecule has 0 aliphatic carbocycles. The van der Waals surface area contributed by atoms with E-state index in [0.29, 0.717) is 12.0 Å². The Hall–Kier alpha value is -2.31. The van der Waals surface area contributed by atoms with Crippen molar-refractivity contribution in [3.8, 4) is 0 Å².